The first kappa shape index (κ1) is 29.2. The molecular weight excluding hydrogens is 492 g/mol. The van der Waals surface area contributed by atoms with Crippen LogP contribution in [0.4, 0.5) is 0 Å². The first-order valence-electron chi connectivity index (χ1n) is 11.2. The zero-order valence-electron chi connectivity index (χ0n) is 20.9. The third kappa shape index (κ3) is 8.55. The number of hydrogen-bond acceptors (Lipinski definition) is 9. The lowest BCUT2D eigenvalue weighted by molar-refractivity contribution is -0.158. The molecule has 0 bridgehead atoms. The number of para-hydroxylation sites is 2. The lowest BCUT2D eigenvalue weighted by Crippen LogP contribution is -2.34. The largest absolute Gasteiger partial charge is 0.493 e. The van der Waals surface area contributed by atoms with Crippen molar-refractivity contribution in [1.82, 2.24) is 0 Å². The molecule has 9 nitrogen and oxygen atoms in total. The smallest absolute Gasteiger partial charge is 0.323 e. The van der Waals surface area contributed by atoms with Crippen LogP contribution in [-0.2, 0) is 23.9 Å². The highest BCUT2D eigenvalue weighted by atomic mass is 16.6. The number of carbonyl (C=O) groups is 3. The minimum Gasteiger partial charge on any atom is -0.493 e. The summed E-state index contributed by atoms with van der Waals surface area (Å²) >= 11 is 0. The van der Waals surface area contributed by atoms with Crippen LogP contribution in [0, 0.1) is 37.0 Å². The molecule has 0 aliphatic heterocycles. The number of rotatable bonds is 13. The molecule has 0 fully saturated rings. The maximum Gasteiger partial charge on any atom is 0.323 e. The second kappa shape index (κ2) is 15.1. The number of carbonyl (C=O) groups excluding carboxylic acids is 3. The fraction of sp³-hybridized carbons (Fsp3) is 0.276. The van der Waals surface area contributed by atoms with Crippen molar-refractivity contribution in [2.45, 2.75) is 31.5 Å². The second-order valence-electron chi connectivity index (χ2n) is 7.43. The van der Waals surface area contributed by atoms with Crippen molar-refractivity contribution < 1.29 is 42.8 Å². The first-order chi connectivity index (χ1) is 18.4. The van der Waals surface area contributed by atoms with Gasteiger partial charge < -0.3 is 28.4 Å². The van der Waals surface area contributed by atoms with Crippen LogP contribution in [0.3, 0.4) is 0 Å². The van der Waals surface area contributed by atoms with Gasteiger partial charge in [-0.2, -0.15) is 0 Å². The topological polar surface area (TPSA) is 107 Å². The summed E-state index contributed by atoms with van der Waals surface area (Å²) in [5.41, 5.74) is 0.358. The van der Waals surface area contributed by atoms with Crippen LogP contribution in [0.1, 0.15) is 30.9 Å². The molecule has 2 rings (SSSR count). The van der Waals surface area contributed by atoms with Crippen molar-refractivity contribution >= 4 is 17.9 Å². The van der Waals surface area contributed by atoms with Crippen LogP contribution in [0.25, 0.3) is 0 Å². The SMILES string of the molecule is C#CCC(=O)OCC(Oc1ccccc1OC)C(OC(=O)CC#C)c1ccc(OC(=O)CC#C)c(OC)c1. The molecule has 0 amide bonds. The van der Waals surface area contributed by atoms with Gasteiger partial charge in [-0.05, 0) is 24.3 Å². The quantitative estimate of drug-likeness (QED) is 0.224. The van der Waals surface area contributed by atoms with E-state index in [9.17, 15) is 14.4 Å². The van der Waals surface area contributed by atoms with Crippen LogP contribution in [0.15, 0.2) is 42.5 Å². The van der Waals surface area contributed by atoms with E-state index in [1.165, 1.54) is 32.4 Å². The minimum absolute atomic E-state index is 0.0906. The lowest BCUT2D eigenvalue weighted by atomic mass is 10.0. The van der Waals surface area contributed by atoms with Gasteiger partial charge in [-0.1, -0.05) is 36.0 Å². The summed E-state index contributed by atoms with van der Waals surface area (Å²) in [4.78, 5) is 36.4. The van der Waals surface area contributed by atoms with Crippen LogP contribution >= 0.6 is 0 Å². The molecule has 0 radical (unpaired) electrons. The van der Waals surface area contributed by atoms with Gasteiger partial charge in [0.05, 0.1) is 14.2 Å². The number of methoxy groups -OCH3 is 2. The van der Waals surface area contributed by atoms with E-state index in [1.54, 1.807) is 24.3 Å². The number of benzene rings is 2. The van der Waals surface area contributed by atoms with Crippen LogP contribution in [0.5, 0.6) is 23.0 Å². The minimum atomic E-state index is -1.16. The number of hydrogen-bond donors (Lipinski definition) is 0. The summed E-state index contributed by atoms with van der Waals surface area (Å²) in [6.45, 7) is -0.353. The molecule has 0 saturated carbocycles. The van der Waals surface area contributed by atoms with Gasteiger partial charge in [0.25, 0.3) is 0 Å². The zero-order valence-corrected chi connectivity index (χ0v) is 20.9. The van der Waals surface area contributed by atoms with Crippen LogP contribution in [0.2, 0.25) is 0 Å². The summed E-state index contributed by atoms with van der Waals surface area (Å²) in [6, 6.07) is 11.2. The van der Waals surface area contributed by atoms with Crippen molar-refractivity contribution in [1.29, 1.82) is 0 Å². The molecule has 0 spiro atoms. The third-order valence-corrected chi connectivity index (χ3v) is 4.83. The number of esters is 3. The maximum absolute atomic E-state index is 12.5. The van der Waals surface area contributed by atoms with E-state index in [4.69, 9.17) is 47.7 Å². The third-order valence-electron chi connectivity index (χ3n) is 4.83. The molecule has 0 aliphatic rings. The summed E-state index contributed by atoms with van der Waals surface area (Å²) < 4.78 is 33.1. The highest BCUT2D eigenvalue weighted by Crippen LogP contribution is 2.36. The highest BCUT2D eigenvalue weighted by Gasteiger charge is 2.32. The maximum atomic E-state index is 12.5. The number of ether oxygens (including phenoxy) is 6. The molecule has 0 saturated heterocycles. The van der Waals surface area contributed by atoms with Gasteiger partial charge in [0.15, 0.2) is 35.2 Å². The molecule has 9 heteroatoms. The summed E-state index contributed by atoms with van der Waals surface area (Å²) in [5, 5.41) is 0. The van der Waals surface area contributed by atoms with E-state index in [1.807, 2.05) is 0 Å². The average molecular weight is 519 g/mol. The Balaban J connectivity index is 2.54. The fourth-order valence-electron chi connectivity index (χ4n) is 3.18. The number of terminal acetylenes is 3. The Morgan fingerprint density at radius 3 is 2.00 bits per heavy atom. The highest BCUT2D eigenvalue weighted by molar-refractivity contribution is 5.76. The fourth-order valence-corrected chi connectivity index (χ4v) is 3.18. The summed E-state index contributed by atoms with van der Waals surface area (Å²) in [6.07, 6.45) is 12.6. The van der Waals surface area contributed by atoms with E-state index in [2.05, 4.69) is 17.8 Å². The lowest BCUT2D eigenvalue weighted by Gasteiger charge is -2.28. The second-order valence-corrected chi connectivity index (χ2v) is 7.43. The van der Waals surface area contributed by atoms with E-state index < -0.39 is 30.1 Å². The van der Waals surface area contributed by atoms with E-state index >= 15 is 0 Å². The van der Waals surface area contributed by atoms with Crippen LogP contribution < -0.4 is 18.9 Å². The van der Waals surface area contributed by atoms with E-state index in [0.29, 0.717) is 11.3 Å². The molecular formula is C29H26O9. The van der Waals surface area contributed by atoms with Gasteiger partial charge in [-0.3, -0.25) is 14.4 Å². The van der Waals surface area contributed by atoms with Crippen LogP contribution in [-0.4, -0.2) is 44.8 Å². The predicted molar refractivity (Wildman–Crippen MR) is 136 cm³/mol. The van der Waals surface area contributed by atoms with Gasteiger partial charge >= 0.3 is 17.9 Å². The Bertz CT molecular complexity index is 1260. The molecule has 0 heterocycles. The summed E-state index contributed by atoms with van der Waals surface area (Å²) in [5.74, 6) is 5.46. The predicted octanol–water partition coefficient (Wildman–Crippen LogP) is 3.25. The molecule has 0 N–H and O–H groups in total. The Kier molecular flexibility index (Phi) is 11.6. The van der Waals surface area contributed by atoms with E-state index in [0.717, 1.165) is 0 Å². The van der Waals surface area contributed by atoms with Gasteiger partial charge in [-0.25, -0.2) is 0 Å². The average Bonchev–Trinajstić information content (AvgIpc) is 2.90. The Morgan fingerprint density at radius 1 is 0.763 bits per heavy atom. The van der Waals surface area contributed by atoms with Crippen molar-refractivity contribution in [3.8, 4) is 60.0 Å². The molecule has 2 atom stereocenters. The van der Waals surface area contributed by atoms with Crippen molar-refractivity contribution in [2.75, 3.05) is 20.8 Å². The Labute approximate surface area is 221 Å². The van der Waals surface area contributed by atoms with Crippen molar-refractivity contribution in [3.63, 3.8) is 0 Å². The van der Waals surface area contributed by atoms with Crippen molar-refractivity contribution in [3.05, 3.63) is 48.0 Å². The van der Waals surface area contributed by atoms with Gasteiger partial charge in [0.1, 0.15) is 25.9 Å². The molecule has 2 aromatic carbocycles. The van der Waals surface area contributed by atoms with Crippen molar-refractivity contribution in [2.24, 2.45) is 0 Å². The standard InChI is InChI=1S/C29H26O9/c1-6-11-26(30)35-19-25(36-22-15-10-9-14-21(22)33-4)29(38-28(32)13-8-3)20-16-17-23(24(18-20)34-5)37-27(31)12-7-2/h1-3,9-10,14-18,25,29H,11-13,19H2,4-5H3. The van der Waals surface area contributed by atoms with Gasteiger partial charge in [-0.15, -0.1) is 19.3 Å². The van der Waals surface area contributed by atoms with Gasteiger partial charge in [0.2, 0.25) is 0 Å². The molecule has 196 valence electrons. The monoisotopic (exact) mass is 518 g/mol. The molecule has 2 unspecified atom stereocenters. The summed E-state index contributed by atoms with van der Waals surface area (Å²) in [7, 11) is 2.82. The molecule has 38 heavy (non-hydrogen) atoms. The van der Waals surface area contributed by atoms with E-state index in [-0.39, 0.29) is 43.1 Å². The molecule has 2 aromatic rings. The normalized spacial score (nSPS) is 11.3. The zero-order chi connectivity index (χ0) is 27.9. The Morgan fingerprint density at radius 2 is 1.37 bits per heavy atom. The molecule has 0 aliphatic carbocycles. The van der Waals surface area contributed by atoms with Gasteiger partial charge in [0, 0.05) is 5.56 Å². The molecule has 0 aromatic heterocycles. The Hall–Kier alpha value is -5.07. The first-order valence-corrected chi connectivity index (χ1v) is 11.2.